The minimum atomic E-state index is -3.26. The van der Waals surface area contributed by atoms with Crippen molar-refractivity contribution in [2.24, 2.45) is 51.8 Å². The van der Waals surface area contributed by atoms with Crippen LogP contribution in [0.15, 0.2) is 72.8 Å². The first-order valence-corrected chi connectivity index (χ1v) is 47.7. The average molecular weight is 2050 g/mol. The molecule has 27 nitrogen and oxygen atoms in total. The van der Waals surface area contributed by atoms with Gasteiger partial charge in [-0.1, -0.05) is 133 Å². The number of fused-ring (bicyclic) bond motifs is 15. The summed E-state index contributed by atoms with van der Waals surface area (Å²) >= 11 is 0. The molecule has 9 heterocycles. The Balaban J connectivity index is 0.000000281. The fraction of sp³-hybridized carbons (Fsp3) is 0.647. The van der Waals surface area contributed by atoms with Crippen molar-refractivity contribution in [3.8, 4) is 34.9 Å². The summed E-state index contributed by atoms with van der Waals surface area (Å²) in [5.74, 6) is -12.0. The Bertz CT molecular complexity index is 5400. The van der Waals surface area contributed by atoms with Gasteiger partial charge in [-0.3, -0.25) is 14.4 Å². The van der Waals surface area contributed by atoms with E-state index in [0.29, 0.717) is 121 Å². The zero-order chi connectivity index (χ0) is 98.2. The van der Waals surface area contributed by atoms with Crippen LogP contribution in [0, 0.1) is 51.8 Å². The van der Waals surface area contributed by atoms with Gasteiger partial charge in [-0.25, -0.2) is 74.5 Å². The number of alkyl halides is 6. The molecule has 6 aliphatic heterocycles. The van der Waals surface area contributed by atoms with Crippen LogP contribution in [-0.4, -0.2) is 197 Å². The van der Waals surface area contributed by atoms with E-state index in [4.69, 9.17) is 42.6 Å². The number of halogens is 6. The monoisotopic (exact) mass is 2040 g/mol. The molecule has 6 bridgehead atoms. The topological polar surface area (TPSA) is 321 Å². The molecule has 3 aromatic carbocycles. The summed E-state index contributed by atoms with van der Waals surface area (Å²) in [4.78, 5) is 137. The molecule has 0 spiro atoms. The maximum Gasteiger partial charge on any atom is 0.408 e. The number of hydrogen-bond acceptors (Lipinski definition) is 21. The molecule has 9 aliphatic rings. The Hall–Kier alpha value is -8.75. The quantitative estimate of drug-likeness (QED) is 0.0724. The molecule has 6 fully saturated rings. The van der Waals surface area contributed by atoms with E-state index in [0.717, 1.165) is 25.7 Å². The molecule has 18 atom stereocenters. The van der Waals surface area contributed by atoms with Crippen molar-refractivity contribution in [1.82, 2.24) is 45.6 Å². The summed E-state index contributed by atoms with van der Waals surface area (Å²) in [6.45, 7) is 27.1. The first-order valence-electron chi connectivity index (χ1n) is 47.7. The van der Waals surface area contributed by atoms with Crippen LogP contribution in [0.25, 0.3) is 32.7 Å². The largest absolute Gasteiger partial charge is 0.540 e. The SMILES string of the molecule is CC[C@@H]1[C@@H]2CN(C(=O)[C@H](C(C)(C)C)NC(=O)O[C@]3(C)CCC[C@H]3CCCCC(F)(F)c3cc4ccc(OC)cc4nc3O2)[C@@H]1[C-]=O.CC[C@@H]1[C@@H]2CN(C(=O)[C@H](C(C)(C)C)NC(=O)O[C@]3(C)C[C@H]3CCCCC(F)(F)c3cc4ccc(OC)cc4nc3O2)[C@@H]1[C-]=O.COc1ccc2cc3c(nc2c1)O[C@H]1CN(C(=O)[C@H](C(C)(C)C)NC(=O)O[C@]2(C)CCC[C@H]2CCCCC3(F)F)[C@H]([C-]=O)[C@@H]1C.[HH].[HH].[HH].[V].[V].[V]. The number of carbonyl (C=O) groups is 6. The van der Waals surface area contributed by atoms with Crippen LogP contribution in [-0.2, 0) is 116 Å². The third kappa shape index (κ3) is 24.4. The van der Waals surface area contributed by atoms with Crippen LogP contribution in [0.2, 0.25) is 0 Å². The maximum absolute atomic E-state index is 16.2. The van der Waals surface area contributed by atoms with Gasteiger partial charge in [0.05, 0.1) is 74.2 Å². The summed E-state index contributed by atoms with van der Waals surface area (Å²) in [6.07, 6.45) is 10.4. The Labute approximate surface area is 844 Å². The van der Waals surface area contributed by atoms with Gasteiger partial charge in [0, 0.05) is 119 Å². The van der Waals surface area contributed by atoms with Crippen molar-refractivity contribution in [1.29, 1.82) is 0 Å². The molecule has 138 heavy (non-hydrogen) atoms. The van der Waals surface area contributed by atoms with Crippen LogP contribution in [0.1, 0.15) is 260 Å². The average Bonchev–Trinajstić information content (AvgIpc) is 0.850. The summed E-state index contributed by atoms with van der Waals surface area (Å²) < 4.78 is 149. The fourth-order valence-corrected chi connectivity index (χ4v) is 21.2. The number of hydrogen-bond donors (Lipinski definition) is 3. The number of alkyl carbamates (subject to hydrolysis) is 3. The Kier molecular flexibility index (Phi) is 35.8. The second-order valence-corrected chi connectivity index (χ2v) is 42.2. The van der Waals surface area contributed by atoms with E-state index >= 15 is 26.3 Å². The van der Waals surface area contributed by atoms with Crippen LogP contribution >= 0.6 is 0 Å². The minimum Gasteiger partial charge on any atom is -0.540 e. The molecule has 3 radical (unpaired) electrons. The van der Waals surface area contributed by atoms with Gasteiger partial charge in [-0.15, -0.1) is 0 Å². The van der Waals surface area contributed by atoms with Crippen LogP contribution in [0.3, 0.4) is 0 Å². The number of rotatable bonds is 8. The fourth-order valence-electron chi connectivity index (χ4n) is 21.2. The van der Waals surface area contributed by atoms with Crippen molar-refractivity contribution in [2.75, 3.05) is 41.0 Å². The van der Waals surface area contributed by atoms with Crippen molar-refractivity contribution < 1.29 is 172 Å². The molecule has 3 saturated heterocycles. The van der Waals surface area contributed by atoms with Crippen molar-refractivity contribution >= 4 is 87.6 Å². The number of ether oxygens (including phenoxy) is 9. The number of pyridine rings is 3. The molecule has 6 amide bonds. The van der Waals surface area contributed by atoms with Crippen LogP contribution in [0.5, 0.6) is 34.9 Å². The summed E-state index contributed by atoms with van der Waals surface area (Å²) in [7, 11) is 4.53. The number of methoxy groups -OCH3 is 3. The normalized spacial score (nSPS) is 30.3. The van der Waals surface area contributed by atoms with E-state index in [2.05, 4.69) is 30.9 Å². The van der Waals surface area contributed by atoms with Crippen LogP contribution in [0.4, 0.5) is 40.7 Å². The van der Waals surface area contributed by atoms with E-state index in [1.807, 2.05) is 116 Å². The van der Waals surface area contributed by atoms with Gasteiger partial charge in [-0.2, -0.15) is 0 Å². The molecule has 3 saturated carbocycles. The van der Waals surface area contributed by atoms with E-state index < -0.39 is 178 Å². The number of aromatic nitrogens is 3. The summed E-state index contributed by atoms with van der Waals surface area (Å²) in [5.41, 5.74) is -4.23. The van der Waals surface area contributed by atoms with E-state index in [-0.39, 0.29) is 151 Å². The Morgan fingerprint density at radius 2 is 0.703 bits per heavy atom. The second kappa shape index (κ2) is 44.4. The van der Waals surface area contributed by atoms with Gasteiger partial charge in [0.1, 0.15) is 70.5 Å². The number of nitrogens with one attached hydrogen (secondary N) is 3. The van der Waals surface area contributed by atoms with Gasteiger partial charge in [0.15, 0.2) is 0 Å². The Morgan fingerprint density at radius 3 is 1.01 bits per heavy atom. The Morgan fingerprint density at radius 1 is 0.413 bits per heavy atom. The molecule has 3 N–H and O–H groups in total. The number of benzene rings is 3. The number of carbonyl (C=O) groups excluding carboxylic acids is 9. The van der Waals surface area contributed by atoms with Gasteiger partial charge < -0.3 is 87.7 Å². The molecule has 15 rings (SSSR count). The predicted octanol–water partition coefficient (Wildman–Crippen LogP) is 19.7. The van der Waals surface area contributed by atoms with Crippen molar-refractivity contribution in [3.63, 3.8) is 0 Å². The number of nitrogens with zero attached hydrogens (tertiary/aromatic N) is 6. The predicted molar refractivity (Wildman–Crippen MR) is 498 cm³/mol. The van der Waals surface area contributed by atoms with E-state index in [9.17, 15) is 43.2 Å². The van der Waals surface area contributed by atoms with E-state index in [1.165, 1.54) is 54.2 Å². The molecule has 3 aromatic heterocycles. The van der Waals surface area contributed by atoms with Gasteiger partial charge in [0.25, 0.3) is 17.8 Å². The van der Waals surface area contributed by atoms with Gasteiger partial charge in [0.2, 0.25) is 35.4 Å². The summed E-state index contributed by atoms with van der Waals surface area (Å²) in [5, 5.41) is 9.93. The van der Waals surface area contributed by atoms with Crippen molar-refractivity contribution in [3.05, 3.63) is 89.5 Å². The molecule has 759 valence electrons. The van der Waals surface area contributed by atoms with Gasteiger partial charge in [-0.05, 0) is 205 Å². The third-order valence-corrected chi connectivity index (χ3v) is 29.6. The standard InChI is InChI=1S/C35H46F2N3O6.C34H44F2N3O6.C33H42F2N3O6.3V.3H2/c1-7-24-27(20-41)40-19-28(24)45-30-25(17-21-13-14-23(44-6)18-26(21)38-30)35(36,37)16-9-8-11-22-12-10-15-34(22,5)46-32(43)39-29(31(40)42)33(2,3)4;1-20-26(19-40)39-18-27(20)44-29-24(16-21-12-13-23(43-6)17-25(21)37-29)34(35,36)15-8-7-10-22-11-9-14-33(22,5)45-31(42)38-28(30(39)41)32(2,3)4;1-7-22-25(18-39)38-17-26(22)43-28-23(14-19-11-12-21(42-6)15-24(19)36-28)33(34,35)13-9-8-10-20-16-32(20,5)44-30(41)37-27(29(38)40)31(2,3)4;;;;;;/h13-14,17-18,22,24,27-29H,7-12,15-16,19H2,1-6H3,(H,39,43);12-13,16-17,20,22,26-28H,7-11,14-15,18H2,1-6H3,(H,38,42);11-12,14-15,20,22,25-27H,7-10,13,16-17H2,1-6H3,(H,37,41);;;;3*1H/q3*-1;;;;;;/t22-,24+,27-,28+,29-,34-;20-,22+,26+,27-,28+,33+;20-,22+,25-,26+,27-,32-;;;;;;/m101....../s1. The zero-order valence-electron chi connectivity index (χ0n) is 82.2. The van der Waals surface area contributed by atoms with Crippen molar-refractivity contribution in [2.45, 2.75) is 328 Å². The molecule has 0 unspecified atom stereocenters. The number of amides is 6. The molecule has 36 heteroatoms. The molecule has 3 aliphatic carbocycles. The minimum absolute atomic E-state index is 0. The third-order valence-electron chi connectivity index (χ3n) is 29.6. The molecule has 6 aromatic rings. The van der Waals surface area contributed by atoms with E-state index in [1.54, 1.807) is 61.5 Å². The first kappa shape index (κ1) is 111. The summed E-state index contributed by atoms with van der Waals surface area (Å²) in [6, 6.07) is 13.2. The van der Waals surface area contributed by atoms with Gasteiger partial charge >= 0.3 is 18.3 Å². The smallest absolute Gasteiger partial charge is 0.408 e. The van der Waals surface area contributed by atoms with Crippen LogP contribution < -0.4 is 44.4 Å². The maximum atomic E-state index is 16.2. The zero-order valence-corrected chi connectivity index (χ0v) is 86.4. The first-order chi connectivity index (χ1) is 63.6. The molecular formula is C102H138F6N9O18V3-3. The second-order valence-electron chi connectivity index (χ2n) is 42.2. The molecular weight excluding hydrogens is 1910 g/mol.